The third kappa shape index (κ3) is 4.54. The summed E-state index contributed by atoms with van der Waals surface area (Å²) in [5.41, 5.74) is -0.981. The lowest BCUT2D eigenvalue weighted by Crippen LogP contribution is -2.50. The van der Waals surface area contributed by atoms with Crippen molar-refractivity contribution in [3.8, 4) is 0 Å². The van der Waals surface area contributed by atoms with Crippen molar-refractivity contribution < 1.29 is 18.8 Å². The number of anilines is 1. The number of hydrogen-bond acceptors (Lipinski definition) is 5. The van der Waals surface area contributed by atoms with Gasteiger partial charge in [0.25, 0.3) is 5.69 Å². The van der Waals surface area contributed by atoms with Gasteiger partial charge in [0.2, 0.25) is 0 Å². The third-order valence-corrected chi connectivity index (χ3v) is 3.40. The van der Waals surface area contributed by atoms with Crippen molar-refractivity contribution in [3.05, 3.63) is 34.1 Å². The Labute approximate surface area is 133 Å². The topological polar surface area (TPSA) is 93.5 Å². The van der Waals surface area contributed by atoms with Crippen molar-refractivity contribution in [3.63, 3.8) is 0 Å². The zero-order valence-electron chi connectivity index (χ0n) is 13.3. The molecule has 2 rings (SSSR count). The van der Waals surface area contributed by atoms with Gasteiger partial charge in [0.15, 0.2) is 5.82 Å². The Balaban J connectivity index is 1.88. The number of ether oxygens (including phenoxy) is 1. The minimum Gasteiger partial charge on any atom is -0.444 e. The van der Waals surface area contributed by atoms with E-state index in [4.69, 9.17) is 4.74 Å². The van der Waals surface area contributed by atoms with E-state index in [1.54, 1.807) is 20.8 Å². The number of nitro benzene ring substituents is 1. The average Bonchev–Trinajstić information content (AvgIpc) is 2.35. The van der Waals surface area contributed by atoms with Crippen molar-refractivity contribution >= 4 is 17.5 Å². The summed E-state index contributed by atoms with van der Waals surface area (Å²) in [7, 11) is 0. The molecule has 0 saturated heterocycles. The summed E-state index contributed by atoms with van der Waals surface area (Å²) in [5, 5.41) is 16.5. The van der Waals surface area contributed by atoms with Gasteiger partial charge in [-0.3, -0.25) is 10.1 Å². The minimum atomic E-state index is -0.664. The van der Waals surface area contributed by atoms with Crippen LogP contribution in [0.25, 0.3) is 0 Å². The van der Waals surface area contributed by atoms with Crippen LogP contribution < -0.4 is 10.6 Å². The molecule has 1 aliphatic rings. The van der Waals surface area contributed by atoms with E-state index in [2.05, 4.69) is 10.6 Å². The van der Waals surface area contributed by atoms with Gasteiger partial charge in [-0.05, 0) is 39.7 Å². The Morgan fingerprint density at radius 3 is 2.57 bits per heavy atom. The van der Waals surface area contributed by atoms with Gasteiger partial charge in [0, 0.05) is 18.2 Å². The lowest BCUT2D eigenvalue weighted by Gasteiger charge is -2.37. The Bertz CT molecular complexity index is 609. The molecule has 0 bridgehead atoms. The van der Waals surface area contributed by atoms with Crippen LogP contribution in [0.1, 0.15) is 33.6 Å². The van der Waals surface area contributed by atoms with Gasteiger partial charge in [-0.2, -0.15) is 0 Å². The van der Waals surface area contributed by atoms with Crippen molar-refractivity contribution in [2.75, 3.05) is 5.32 Å². The first-order valence-electron chi connectivity index (χ1n) is 7.34. The average molecular weight is 325 g/mol. The summed E-state index contributed by atoms with van der Waals surface area (Å²) < 4.78 is 18.9. The van der Waals surface area contributed by atoms with E-state index in [0.717, 1.165) is 0 Å². The summed E-state index contributed by atoms with van der Waals surface area (Å²) in [6.45, 7) is 5.32. The van der Waals surface area contributed by atoms with E-state index in [-0.39, 0.29) is 23.5 Å². The van der Waals surface area contributed by atoms with Crippen LogP contribution in [0.4, 0.5) is 20.6 Å². The number of rotatable bonds is 4. The first-order valence-corrected chi connectivity index (χ1v) is 7.34. The molecule has 7 nitrogen and oxygen atoms in total. The molecule has 1 aromatic rings. The number of carbonyl (C=O) groups is 1. The van der Waals surface area contributed by atoms with Gasteiger partial charge in [-0.1, -0.05) is 6.07 Å². The number of alkyl carbamates (subject to hydrolysis) is 1. The zero-order chi connectivity index (χ0) is 17.2. The van der Waals surface area contributed by atoms with E-state index in [0.29, 0.717) is 12.8 Å². The molecule has 1 amide bonds. The fourth-order valence-electron chi connectivity index (χ4n) is 2.34. The number of nitrogens with one attached hydrogen (secondary N) is 2. The minimum absolute atomic E-state index is 0.0896. The molecule has 0 unspecified atom stereocenters. The largest absolute Gasteiger partial charge is 0.444 e. The standard InChI is InChI=1S/C15H20FN3O4/c1-15(2,3)23-14(20)18-10-7-9(8-10)17-13-11(16)5-4-6-12(13)19(21)22/h4-6,9-10,17H,7-8H2,1-3H3,(H,18,20). The molecule has 23 heavy (non-hydrogen) atoms. The van der Waals surface area contributed by atoms with E-state index in [9.17, 15) is 19.3 Å². The summed E-state index contributed by atoms with van der Waals surface area (Å²) in [6, 6.07) is 3.50. The quantitative estimate of drug-likeness (QED) is 0.655. The fraction of sp³-hybridized carbons (Fsp3) is 0.533. The molecule has 0 atom stereocenters. The zero-order valence-corrected chi connectivity index (χ0v) is 13.3. The second-order valence-electron chi connectivity index (χ2n) is 6.55. The normalized spacial score (nSPS) is 20.3. The molecular formula is C15H20FN3O4. The van der Waals surface area contributed by atoms with Crippen LogP contribution in [0.5, 0.6) is 0 Å². The van der Waals surface area contributed by atoms with Gasteiger partial charge < -0.3 is 15.4 Å². The monoisotopic (exact) mass is 325 g/mol. The van der Waals surface area contributed by atoms with Gasteiger partial charge in [-0.15, -0.1) is 0 Å². The number of nitrogens with zero attached hydrogens (tertiary/aromatic N) is 1. The summed E-state index contributed by atoms with van der Waals surface area (Å²) in [6.07, 6.45) is 0.591. The molecular weight excluding hydrogens is 305 g/mol. The summed E-state index contributed by atoms with van der Waals surface area (Å²) >= 11 is 0. The van der Waals surface area contributed by atoms with Gasteiger partial charge in [0.05, 0.1) is 4.92 Å². The number of amides is 1. The second kappa shape index (κ2) is 6.39. The van der Waals surface area contributed by atoms with Crippen molar-refractivity contribution in [2.45, 2.75) is 51.3 Å². The summed E-state index contributed by atoms with van der Waals surface area (Å²) in [5.74, 6) is -0.664. The molecule has 1 fully saturated rings. The maximum Gasteiger partial charge on any atom is 0.407 e. The molecule has 8 heteroatoms. The maximum absolute atomic E-state index is 13.8. The molecule has 1 saturated carbocycles. The van der Waals surface area contributed by atoms with Gasteiger partial charge >= 0.3 is 6.09 Å². The van der Waals surface area contributed by atoms with Gasteiger partial charge in [-0.25, -0.2) is 9.18 Å². The van der Waals surface area contributed by atoms with E-state index < -0.39 is 22.4 Å². The third-order valence-electron chi connectivity index (χ3n) is 3.40. The Morgan fingerprint density at radius 1 is 1.35 bits per heavy atom. The van der Waals surface area contributed by atoms with Crippen LogP contribution in [0.2, 0.25) is 0 Å². The highest BCUT2D eigenvalue weighted by atomic mass is 19.1. The van der Waals surface area contributed by atoms with Crippen LogP contribution in [0, 0.1) is 15.9 Å². The Hall–Kier alpha value is -2.38. The van der Waals surface area contributed by atoms with E-state index in [1.807, 2.05) is 0 Å². The molecule has 0 aliphatic heterocycles. The Morgan fingerprint density at radius 2 is 2.00 bits per heavy atom. The molecule has 0 radical (unpaired) electrons. The van der Waals surface area contributed by atoms with Gasteiger partial charge in [0.1, 0.15) is 11.3 Å². The fourth-order valence-corrected chi connectivity index (χ4v) is 2.34. The van der Waals surface area contributed by atoms with E-state index >= 15 is 0 Å². The van der Waals surface area contributed by atoms with Crippen LogP contribution in [0.15, 0.2) is 18.2 Å². The number of benzene rings is 1. The molecule has 126 valence electrons. The predicted molar refractivity (Wildman–Crippen MR) is 82.9 cm³/mol. The lowest BCUT2D eigenvalue weighted by atomic mass is 9.86. The molecule has 0 spiro atoms. The molecule has 0 heterocycles. The Kier molecular flexibility index (Phi) is 4.72. The van der Waals surface area contributed by atoms with Crippen molar-refractivity contribution in [2.24, 2.45) is 0 Å². The van der Waals surface area contributed by atoms with Crippen LogP contribution in [-0.2, 0) is 4.74 Å². The second-order valence-corrected chi connectivity index (χ2v) is 6.55. The number of para-hydroxylation sites is 1. The highest BCUT2D eigenvalue weighted by Gasteiger charge is 2.33. The van der Waals surface area contributed by atoms with E-state index in [1.165, 1.54) is 18.2 Å². The van der Waals surface area contributed by atoms with Crippen LogP contribution >= 0.6 is 0 Å². The highest BCUT2D eigenvalue weighted by molar-refractivity contribution is 5.68. The van der Waals surface area contributed by atoms with Crippen LogP contribution in [0.3, 0.4) is 0 Å². The smallest absolute Gasteiger partial charge is 0.407 e. The number of halogens is 1. The molecule has 1 aliphatic carbocycles. The maximum atomic E-state index is 13.8. The lowest BCUT2D eigenvalue weighted by molar-refractivity contribution is -0.384. The predicted octanol–water partition coefficient (Wildman–Crippen LogP) is 3.20. The first-order chi connectivity index (χ1) is 10.7. The molecule has 0 aromatic heterocycles. The number of carbonyl (C=O) groups excluding carboxylic acids is 1. The summed E-state index contributed by atoms with van der Waals surface area (Å²) in [4.78, 5) is 21.9. The number of hydrogen-bond donors (Lipinski definition) is 2. The molecule has 2 N–H and O–H groups in total. The first kappa shape index (κ1) is 17.0. The van der Waals surface area contributed by atoms with Crippen molar-refractivity contribution in [1.82, 2.24) is 5.32 Å². The molecule has 1 aromatic carbocycles. The highest BCUT2D eigenvalue weighted by Crippen LogP contribution is 2.32. The van der Waals surface area contributed by atoms with Crippen LogP contribution in [-0.4, -0.2) is 28.7 Å². The van der Waals surface area contributed by atoms with Crippen molar-refractivity contribution in [1.29, 1.82) is 0 Å². The SMILES string of the molecule is CC(C)(C)OC(=O)NC1CC(Nc2c(F)cccc2[N+](=O)[O-])C1. The number of nitro groups is 1.